The lowest BCUT2D eigenvalue weighted by molar-refractivity contribution is -0.140. The summed E-state index contributed by atoms with van der Waals surface area (Å²) in [6, 6.07) is 1.03. The first kappa shape index (κ1) is 14.8. The average Bonchev–Trinajstić information content (AvgIpc) is 2.53. The molecular weight excluding hydrogens is 281 g/mol. The highest BCUT2D eigenvalue weighted by Gasteiger charge is 2.24. The molecule has 1 rings (SSSR count). The molecule has 0 bridgehead atoms. The molecule has 2 atom stereocenters. The summed E-state index contributed by atoms with van der Waals surface area (Å²) >= 11 is 13.2. The lowest BCUT2D eigenvalue weighted by atomic mass is 10.0. The van der Waals surface area contributed by atoms with Gasteiger partial charge in [0.15, 0.2) is 0 Å². The zero-order chi connectivity index (χ0) is 13.2. The molecule has 1 aromatic rings. The SMILES string of the molecule is CC(NC(C(=O)O)C(C)C)c1cc(Cl)sc1Cl. The van der Waals surface area contributed by atoms with Gasteiger partial charge in [-0.1, -0.05) is 37.0 Å². The summed E-state index contributed by atoms with van der Waals surface area (Å²) in [7, 11) is 0. The maximum atomic E-state index is 11.1. The van der Waals surface area contributed by atoms with Gasteiger partial charge in [-0.05, 0) is 24.5 Å². The molecule has 3 nitrogen and oxygen atoms in total. The van der Waals surface area contributed by atoms with Gasteiger partial charge in [0.25, 0.3) is 0 Å². The van der Waals surface area contributed by atoms with E-state index in [2.05, 4.69) is 5.32 Å². The third-order valence-electron chi connectivity index (χ3n) is 2.51. The summed E-state index contributed by atoms with van der Waals surface area (Å²) in [5.41, 5.74) is 0.841. The van der Waals surface area contributed by atoms with Crippen LogP contribution in [0.15, 0.2) is 6.07 Å². The Morgan fingerprint density at radius 3 is 2.35 bits per heavy atom. The van der Waals surface area contributed by atoms with E-state index in [-0.39, 0.29) is 12.0 Å². The van der Waals surface area contributed by atoms with E-state index >= 15 is 0 Å². The summed E-state index contributed by atoms with van der Waals surface area (Å²) in [5, 5.41) is 12.1. The monoisotopic (exact) mass is 295 g/mol. The quantitative estimate of drug-likeness (QED) is 0.868. The van der Waals surface area contributed by atoms with Gasteiger partial charge in [-0.15, -0.1) is 11.3 Å². The van der Waals surface area contributed by atoms with Gasteiger partial charge in [-0.2, -0.15) is 0 Å². The predicted octanol–water partition coefficient (Wildman–Crippen LogP) is 3.81. The zero-order valence-corrected chi connectivity index (χ0v) is 12.2. The predicted molar refractivity (Wildman–Crippen MR) is 72.2 cm³/mol. The second kappa shape index (κ2) is 6.05. The van der Waals surface area contributed by atoms with Gasteiger partial charge < -0.3 is 5.11 Å². The Labute approximate surface area is 115 Å². The minimum atomic E-state index is -0.857. The van der Waals surface area contributed by atoms with Gasteiger partial charge in [-0.25, -0.2) is 0 Å². The topological polar surface area (TPSA) is 49.3 Å². The first-order valence-electron chi connectivity index (χ1n) is 5.26. The van der Waals surface area contributed by atoms with Gasteiger partial charge >= 0.3 is 5.97 Å². The van der Waals surface area contributed by atoms with Crippen molar-refractivity contribution in [3.8, 4) is 0 Å². The molecule has 0 amide bonds. The van der Waals surface area contributed by atoms with Crippen LogP contribution in [0.3, 0.4) is 0 Å². The second-order valence-electron chi connectivity index (χ2n) is 4.23. The van der Waals surface area contributed by atoms with Crippen molar-refractivity contribution < 1.29 is 9.90 Å². The lowest BCUT2D eigenvalue weighted by Crippen LogP contribution is -2.42. The fourth-order valence-electron chi connectivity index (χ4n) is 1.56. The summed E-state index contributed by atoms with van der Waals surface area (Å²) < 4.78 is 1.21. The normalized spacial score (nSPS) is 14.9. The van der Waals surface area contributed by atoms with Crippen molar-refractivity contribution in [2.45, 2.75) is 32.9 Å². The summed E-state index contributed by atoms with van der Waals surface area (Å²) in [5.74, 6) is -0.855. The van der Waals surface area contributed by atoms with E-state index in [9.17, 15) is 4.79 Å². The molecule has 0 saturated carbocycles. The Kier molecular flexibility index (Phi) is 5.25. The fourth-order valence-corrected chi connectivity index (χ4v) is 3.20. The van der Waals surface area contributed by atoms with Crippen LogP contribution in [0.5, 0.6) is 0 Å². The molecule has 2 N–H and O–H groups in total. The van der Waals surface area contributed by atoms with Crippen molar-refractivity contribution in [3.63, 3.8) is 0 Å². The summed E-state index contributed by atoms with van der Waals surface area (Å²) in [6.45, 7) is 5.60. The fraction of sp³-hybridized carbons (Fsp3) is 0.545. The van der Waals surface area contributed by atoms with E-state index in [4.69, 9.17) is 28.3 Å². The van der Waals surface area contributed by atoms with Gasteiger partial charge in [-0.3, -0.25) is 10.1 Å². The standard InChI is InChI=1S/C11H15Cl2NO2S/c1-5(2)9(11(15)16)14-6(3)7-4-8(12)17-10(7)13/h4-6,9,14H,1-3H3,(H,15,16). The zero-order valence-electron chi connectivity index (χ0n) is 9.83. The van der Waals surface area contributed by atoms with E-state index in [1.54, 1.807) is 6.07 Å². The Hall–Kier alpha value is -0.290. The van der Waals surface area contributed by atoms with Crippen LogP contribution >= 0.6 is 34.5 Å². The Morgan fingerprint density at radius 2 is 2.00 bits per heavy atom. The van der Waals surface area contributed by atoms with Gasteiger partial charge in [0.05, 0.1) is 8.67 Å². The number of thiophene rings is 1. The van der Waals surface area contributed by atoms with Crippen molar-refractivity contribution >= 4 is 40.5 Å². The molecule has 6 heteroatoms. The molecule has 0 aliphatic rings. The molecule has 17 heavy (non-hydrogen) atoms. The summed E-state index contributed by atoms with van der Waals surface area (Å²) in [4.78, 5) is 11.1. The van der Waals surface area contributed by atoms with Crippen LogP contribution in [0.1, 0.15) is 32.4 Å². The second-order valence-corrected chi connectivity index (χ2v) is 6.51. The molecule has 0 aliphatic carbocycles. The van der Waals surface area contributed by atoms with Crippen LogP contribution < -0.4 is 5.32 Å². The number of hydrogen-bond donors (Lipinski definition) is 2. The van der Waals surface area contributed by atoms with E-state index in [1.165, 1.54) is 11.3 Å². The molecule has 0 radical (unpaired) electrons. The Balaban J connectivity index is 2.80. The molecule has 0 saturated heterocycles. The van der Waals surface area contributed by atoms with E-state index < -0.39 is 12.0 Å². The lowest BCUT2D eigenvalue weighted by Gasteiger charge is -2.22. The number of carboxylic acid groups (broad SMARTS) is 1. The molecule has 0 fully saturated rings. The number of rotatable bonds is 5. The number of nitrogens with one attached hydrogen (secondary N) is 1. The number of carboxylic acids is 1. The number of carbonyl (C=O) groups is 1. The molecule has 0 spiro atoms. The van der Waals surface area contributed by atoms with E-state index in [0.717, 1.165) is 5.56 Å². The molecule has 0 aromatic carbocycles. The van der Waals surface area contributed by atoms with Crippen LogP contribution in [0.2, 0.25) is 8.67 Å². The molecular formula is C11H15Cl2NO2S. The number of aliphatic carboxylic acids is 1. The van der Waals surface area contributed by atoms with Crippen LogP contribution in [-0.2, 0) is 4.79 Å². The third-order valence-corrected chi connectivity index (χ3v) is 4.03. The van der Waals surface area contributed by atoms with Crippen molar-refractivity contribution in [2.24, 2.45) is 5.92 Å². The smallest absolute Gasteiger partial charge is 0.320 e. The van der Waals surface area contributed by atoms with Crippen LogP contribution in [-0.4, -0.2) is 17.1 Å². The molecule has 1 heterocycles. The van der Waals surface area contributed by atoms with Crippen molar-refractivity contribution in [1.29, 1.82) is 0 Å². The van der Waals surface area contributed by atoms with Crippen LogP contribution in [0, 0.1) is 5.92 Å². The largest absolute Gasteiger partial charge is 0.480 e. The first-order valence-corrected chi connectivity index (χ1v) is 6.83. The van der Waals surface area contributed by atoms with Crippen LogP contribution in [0.4, 0.5) is 0 Å². The van der Waals surface area contributed by atoms with Crippen molar-refractivity contribution in [2.75, 3.05) is 0 Å². The molecule has 96 valence electrons. The number of hydrogen-bond acceptors (Lipinski definition) is 3. The highest BCUT2D eigenvalue weighted by Crippen LogP contribution is 2.35. The summed E-state index contributed by atoms with van der Waals surface area (Å²) in [6.07, 6.45) is 0. The highest BCUT2D eigenvalue weighted by molar-refractivity contribution is 7.20. The Bertz CT molecular complexity index is 406. The maximum absolute atomic E-state index is 11.1. The van der Waals surface area contributed by atoms with Crippen molar-refractivity contribution in [1.82, 2.24) is 5.32 Å². The minimum Gasteiger partial charge on any atom is -0.480 e. The third kappa shape index (κ3) is 3.85. The van der Waals surface area contributed by atoms with Gasteiger partial charge in [0, 0.05) is 6.04 Å². The average molecular weight is 296 g/mol. The molecule has 0 aliphatic heterocycles. The first-order chi connectivity index (χ1) is 7.82. The van der Waals surface area contributed by atoms with Gasteiger partial charge in [0.1, 0.15) is 6.04 Å². The number of halogens is 2. The van der Waals surface area contributed by atoms with E-state index in [0.29, 0.717) is 8.67 Å². The van der Waals surface area contributed by atoms with E-state index in [1.807, 2.05) is 20.8 Å². The van der Waals surface area contributed by atoms with Gasteiger partial charge in [0.2, 0.25) is 0 Å². The van der Waals surface area contributed by atoms with Crippen molar-refractivity contribution in [3.05, 3.63) is 20.3 Å². The molecule has 2 unspecified atom stereocenters. The highest BCUT2D eigenvalue weighted by atomic mass is 35.5. The molecule has 1 aromatic heterocycles. The Morgan fingerprint density at radius 1 is 1.41 bits per heavy atom. The minimum absolute atomic E-state index is 0.00262. The van der Waals surface area contributed by atoms with Crippen LogP contribution in [0.25, 0.3) is 0 Å². The maximum Gasteiger partial charge on any atom is 0.320 e.